The first kappa shape index (κ1) is 16.3. The van der Waals surface area contributed by atoms with Crippen LogP contribution in [-0.4, -0.2) is 43.2 Å². The van der Waals surface area contributed by atoms with Gasteiger partial charge in [-0.25, -0.2) is 0 Å². The lowest BCUT2D eigenvalue weighted by Gasteiger charge is -2.13. The third kappa shape index (κ3) is 5.09. The van der Waals surface area contributed by atoms with Gasteiger partial charge in [0.1, 0.15) is 0 Å². The zero-order valence-corrected chi connectivity index (χ0v) is 12.4. The van der Waals surface area contributed by atoms with Crippen LogP contribution < -0.4 is 9.47 Å². The van der Waals surface area contributed by atoms with Crippen molar-refractivity contribution < 1.29 is 19.4 Å². The summed E-state index contributed by atoms with van der Waals surface area (Å²) in [5.41, 5.74) is 0.781. The summed E-state index contributed by atoms with van der Waals surface area (Å²) in [6.07, 6.45) is 1.12. The van der Waals surface area contributed by atoms with Crippen LogP contribution in [0, 0.1) is 0 Å². The third-order valence-electron chi connectivity index (χ3n) is 2.78. The predicted molar refractivity (Wildman–Crippen MR) is 77.0 cm³/mol. The van der Waals surface area contributed by atoms with E-state index in [0.29, 0.717) is 37.6 Å². The highest BCUT2D eigenvalue weighted by Crippen LogP contribution is 2.28. The first-order valence-electron chi connectivity index (χ1n) is 6.78. The molecule has 0 heterocycles. The van der Waals surface area contributed by atoms with Crippen molar-refractivity contribution in [3.05, 3.63) is 23.8 Å². The molecule has 0 bridgehead atoms. The Morgan fingerprint density at radius 3 is 2.60 bits per heavy atom. The molecule has 0 spiro atoms. The largest absolute Gasteiger partial charge is 0.490 e. The minimum Gasteiger partial charge on any atom is -0.490 e. The Labute approximate surface area is 120 Å². The number of nitrogens with zero attached hydrogens (tertiary/aromatic N) is 1. The summed E-state index contributed by atoms with van der Waals surface area (Å²) in [4.78, 5) is 13.0. The van der Waals surface area contributed by atoms with Crippen LogP contribution in [0.5, 0.6) is 11.5 Å². The van der Waals surface area contributed by atoms with E-state index in [2.05, 4.69) is 0 Å². The Morgan fingerprint density at radius 1 is 1.25 bits per heavy atom. The van der Waals surface area contributed by atoms with E-state index in [1.54, 1.807) is 37.2 Å². The van der Waals surface area contributed by atoms with E-state index < -0.39 is 0 Å². The van der Waals surface area contributed by atoms with Crippen molar-refractivity contribution in [2.75, 3.05) is 27.3 Å². The van der Waals surface area contributed by atoms with Gasteiger partial charge >= 0.3 is 0 Å². The Bertz CT molecular complexity index is 432. The number of aliphatic hydroxyl groups excluding tert-OH is 1. The number of benzene rings is 1. The molecule has 20 heavy (non-hydrogen) atoms. The highest BCUT2D eigenvalue weighted by atomic mass is 16.5. The topological polar surface area (TPSA) is 59.0 Å². The summed E-state index contributed by atoms with van der Waals surface area (Å²) in [6.45, 7) is 2.85. The number of ether oxygens (including phenoxy) is 2. The summed E-state index contributed by atoms with van der Waals surface area (Å²) in [7, 11) is 3.48. The highest BCUT2D eigenvalue weighted by Gasteiger charge is 2.07. The van der Waals surface area contributed by atoms with E-state index in [-0.39, 0.29) is 12.5 Å². The molecule has 112 valence electrons. The van der Waals surface area contributed by atoms with Crippen LogP contribution in [0.15, 0.2) is 18.2 Å². The molecule has 1 N–H and O–H groups in total. The molecule has 1 aromatic carbocycles. The first-order valence-corrected chi connectivity index (χ1v) is 6.78. The summed E-state index contributed by atoms with van der Waals surface area (Å²) in [5.74, 6) is 1.36. The van der Waals surface area contributed by atoms with Crippen LogP contribution in [-0.2, 0) is 11.4 Å². The van der Waals surface area contributed by atoms with Crippen molar-refractivity contribution in [2.45, 2.75) is 26.4 Å². The van der Waals surface area contributed by atoms with Crippen molar-refractivity contribution in [3.63, 3.8) is 0 Å². The lowest BCUT2D eigenvalue weighted by atomic mass is 10.2. The van der Waals surface area contributed by atoms with E-state index in [4.69, 9.17) is 14.6 Å². The predicted octanol–water partition coefficient (Wildman–Crippen LogP) is 1.82. The van der Waals surface area contributed by atoms with Crippen LogP contribution in [0.4, 0.5) is 0 Å². The average molecular weight is 281 g/mol. The van der Waals surface area contributed by atoms with Gasteiger partial charge in [-0.3, -0.25) is 4.79 Å². The number of aliphatic hydroxyl groups is 1. The van der Waals surface area contributed by atoms with Crippen molar-refractivity contribution >= 4 is 5.91 Å². The summed E-state index contributed by atoms with van der Waals surface area (Å²) in [6, 6.07) is 5.34. The number of carbonyl (C=O) groups is 1. The molecule has 0 aliphatic rings. The van der Waals surface area contributed by atoms with E-state index in [1.807, 2.05) is 6.92 Å². The molecule has 0 saturated heterocycles. The van der Waals surface area contributed by atoms with Gasteiger partial charge in [0.05, 0.1) is 19.8 Å². The molecule has 0 saturated carbocycles. The Morgan fingerprint density at radius 2 is 2.00 bits per heavy atom. The molecule has 0 aromatic heterocycles. The zero-order chi connectivity index (χ0) is 15.0. The van der Waals surface area contributed by atoms with Crippen molar-refractivity contribution in [1.82, 2.24) is 4.90 Å². The maximum Gasteiger partial charge on any atom is 0.222 e. The summed E-state index contributed by atoms with van der Waals surface area (Å²) in [5, 5.41) is 9.11. The number of hydrogen-bond acceptors (Lipinski definition) is 4. The maximum absolute atomic E-state index is 11.4. The molecule has 5 heteroatoms. The van der Waals surface area contributed by atoms with Crippen LogP contribution in [0.1, 0.15) is 25.3 Å². The van der Waals surface area contributed by atoms with Crippen molar-refractivity contribution in [1.29, 1.82) is 0 Å². The minimum atomic E-state index is -0.0301. The Balaban J connectivity index is 2.52. The number of hydrogen-bond donors (Lipinski definition) is 1. The molecule has 1 aromatic rings. The van der Waals surface area contributed by atoms with Crippen molar-refractivity contribution in [2.24, 2.45) is 0 Å². The molecule has 0 aliphatic heterocycles. The highest BCUT2D eigenvalue weighted by molar-refractivity contribution is 5.75. The van der Waals surface area contributed by atoms with Gasteiger partial charge in [-0.05, 0) is 31.0 Å². The fraction of sp³-hybridized carbons (Fsp3) is 0.533. The van der Waals surface area contributed by atoms with Gasteiger partial charge in [-0.2, -0.15) is 0 Å². The SMILES string of the molecule is CCOc1cc(CO)ccc1OCCCC(=O)N(C)C. The molecule has 0 radical (unpaired) electrons. The van der Waals surface area contributed by atoms with Gasteiger partial charge < -0.3 is 19.5 Å². The zero-order valence-electron chi connectivity index (χ0n) is 12.4. The van der Waals surface area contributed by atoms with E-state index in [0.717, 1.165) is 5.56 Å². The second kappa shape index (κ2) is 8.43. The second-order valence-electron chi connectivity index (χ2n) is 4.61. The van der Waals surface area contributed by atoms with Gasteiger partial charge in [0, 0.05) is 20.5 Å². The smallest absolute Gasteiger partial charge is 0.222 e. The molecule has 1 amide bonds. The monoisotopic (exact) mass is 281 g/mol. The van der Waals surface area contributed by atoms with Gasteiger partial charge in [0.25, 0.3) is 0 Å². The third-order valence-corrected chi connectivity index (χ3v) is 2.78. The van der Waals surface area contributed by atoms with E-state index >= 15 is 0 Å². The van der Waals surface area contributed by atoms with Gasteiger partial charge in [-0.1, -0.05) is 6.07 Å². The van der Waals surface area contributed by atoms with Crippen LogP contribution in [0.2, 0.25) is 0 Å². The van der Waals surface area contributed by atoms with Gasteiger partial charge in [0.15, 0.2) is 11.5 Å². The quantitative estimate of drug-likeness (QED) is 0.738. The van der Waals surface area contributed by atoms with Crippen molar-refractivity contribution in [3.8, 4) is 11.5 Å². The number of amides is 1. The maximum atomic E-state index is 11.4. The fourth-order valence-corrected chi connectivity index (χ4v) is 1.67. The minimum absolute atomic E-state index is 0.0301. The molecule has 0 unspecified atom stereocenters. The molecular formula is C15H23NO4. The molecule has 0 atom stereocenters. The second-order valence-corrected chi connectivity index (χ2v) is 4.61. The average Bonchev–Trinajstić information content (AvgIpc) is 2.44. The number of carbonyl (C=O) groups excluding carboxylic acids is 1. The molecular weight excluding hydrogens is 258 g/mol. The van der Waals surface area contributed by atoms with Crippen LogP contribution in [0.25, 0.3) is 0 Å². The molecule has 5 nitrogen and oxygen atoms in total. The standard InChI is InChI=1S/C15H23NO4/c1-4-19-14-10-12(11-17)7-8-13(14)20-9-5-6-15(18)16(2)3/h7-8,10,17H,4-6,9,11H2,1-3H3. The Hall–Kier alpha value is -1.75. The lowest BCUT2D eigenvalue weighted by molar-refractivity contribution is -0.128. The lowest BCUT2D eigenvalue weighted by Crippen LogP contribution is -2.21. The van der Waals surface area contributed by atoms with Gasteiger partial charge in [0.2, 0.25) is 5.91 Å². The van der Waals surface area contributed by atoms with E-state index in [1.165, 1.54) is 0 Å². The van der Waals surface area contributed by atoms with Gasteiger partial charge in [-0.15, -0.1) is 0 Å². The summed E-state index contributed by atoms with van der Waals surface area (Å²) >= 11 is 0. The summed E-state index contributed by atoms with van der Waals surface area (Å²) < 4.78 is 11.1. The molecule has 0 aliphatic carbocycles. The molecule has 1 rings (SSSR count). The molecule has 0 fully saturated rings. The normalized spacial score (nSPS) is 10.2. The first-order chi connectivity index (χ1) is 9.58. The van der Waals surface area contributed by atoms with Crippen LogP contribution >= 0.6 is 0 Å². The Kier molecular flexibility index (Phi) is 6.87. The van der Waals surface area contributed by atoms with Crippen LogP contribution in [0.3, 0.4) is 0 Å². The number of rotatable bonds is 8. The van der Waals surface area contributed by atoms with E-state index in [9.17, 15) is 4.79 Å². The fourth-order valence-electron chi connectivity index (χ4n) is 1.67.